The van der Waals surface area contributed by atoms with E-state index in [0.717, 1.165) is 18.7 Å². The van der Waals surface area contributed by atoms with Gasteiger partial charge in [-0.15, -0.1) is 0 Å². The van der Waals surface area contributed by atoms with Crippen LogP contribution in [0.5, 0.6) is 0 Å². The lowest BCUT2D eigenvalue weighted by atomic mass is 9.85. The summed E-state index contributed by atoms with van der Waals surface area (Å²) in [5.74, 6) is 0.764. The highest BCUT2D eigenvalue weighted by Crippen LogP contribution is 2.44. The van der Waals surface area contributed by atoms with Crippen LogP contribution in [0.15, 0.2) is 12.4 Å². The van der Waals surface area contributed by atoms with Gasteiger partial charge in [0, 0.05) is 45.2 Å². The third kappa shape index (κ3) is 3.27. The highest BCUT2D eigenvalue weighted by Gasteiger charge is 2.50. The van der Waals surface area contributed by atoms with Crippen LogP contribution >= 0.6 is 0 Å². The van der Waals surface area contributed by atoms with Crippen LogP contribution in [0, 0.1) is 0 Å². The SMILES string of the molecule is COCCNC(=O)CN1[C@H]2CC[C@H]1CC(O)(c1nccn1C)C2. The number of aliphatic hydroxyl groups is 1. The van der Waals surface area contributed by atoms with Crippen molar-refractivity contribution in [3.8, 4) is 0 Å². The first-order valence-corrected chi connectivity index (χ1v) is 8.25. The van der Waals surface area contributed by atoms with E-state index >= 15 is 0 Å². The summed E-state index contributed by atoms with van der Waals surface area (Å²) in [5, 5.41) is 14.0. The van der Waals surface area contributed by atoms with Crippen LogP contribution in [-0.4, -0.2) is 64.4 Å². The van der Waals surface area contributed by atoms with Crippen LogP contribution in [0.3, 0.4) is 0 Å². The van der Waals surface area contributed by atoms with E-state index in [1.807, 2.05) is 17.8 Å². The number of hydrogen-bond donors (Lipinski definition) is 2. The van der Waals surface area contributed by atoms with Gasteiger partial charge in [-0.2, -0.15) is 0 Å². The molecule has 2 saturated heterocycles. The molecule has 0 unspecified atom stereocenters. The smallest absolute Gasteiger partial charge is 0.234 e. The maximum absolute atomic E-state index is 12.1. The molecule has 0 aromatic carbocycles. The molecule has 1 aromatic heterocycles. The molecule has 7 nitrogen and oxygen atoms in total. The predicted octanol–water partition coefficient (Wildman–Crippen LogP) is -0.00290. The number of amides is 1. The van der Waals surface area contributed by atoms with Crippen molar-refractivity contribution in [2.45, 2.75) is 43.4 Å². The van der Waals surface area contributed by atoms with Crippen molar-refractivity contribution in [1.82, 2.24) is 19.8 Å². The summed E-state index contributed by atoms with van der Waals surface area (Å²) >= 11 is 0. The minimum atomic E-state index is -0.882. The van der Waals surface area contributed by atoms with Crippen molar-refractivity contribution in [2.75, 3.05) is 26.8 Å². The summed E-state index contributed by atoms with van der Waals surface area (Å²) < 4.78 is 6.84. The summed E-state index contributed by atoms with van der Waals surface area (Å²) in [5.41, 5.74) is -0.882. The molecule has 1 amide bonds. The second kappa shape index (κ2) is 6.59. The second-order valence-corrected chi connectivity index (χ2v) is 6.70. The molecule has 2 aliphatic heterocycles. The first-order valence-electron chi connectivity index (χ1n) is 8.25. The Balaban J connectivity index is 1.63. The van der Waals surface area contributed by atoms with Gasteiger partial charge >= 0.3 is 0 Å². The molecule has 0 aliphatic carbocycles. The summed E-state index contributed by atoms with van der Waals surface area (Å²) in [6.07, 6.45) is 6.93. The van der Waals surface area contributed by atoms with Crippen molar-refractivity contribution in [3.63, 3.8) is 0 Å². The fourth-order valence-corrected chi connectivity index (χ4v) is 4.09. The Kier molecular flexibility index (Phi) is 4.70. The summed E-state index contributed by atoms with van der Waals surface area (Å²) in [6, 6.07) is 0.479. The van der Waals surface area contributed by atoms with Gasteiger partial charge in [0.15, 0.2) is 0 Å². The van der Waals surface area contributed by atoms with Gasteiger partial charge in [-0.1, -0.05) is 0 Å². The van der Waals surface area contributed by atoms with E-state index in [1.54, 1.807) is 13.3 Å². The Bertz CT molecular complexity index is 545. The van der Waals surface area contributed by atoms with E-state index in [-0.39, 0.29) is 18.0 Å². The van der Waals surface area contributed by atoms with Gasteiger partial charge in [-0.05, 0) is 25.7 Å². The zero-order chi connectivity index (χ0) is 16.4. The Morgan fingerprint density at radius 2 is 2.17 bits per heavy atom. The molecule has 7 heteroatoms. The standard InChI is InChI=1S/C16H26N4O3/c1-19-7-5-18-15(19)16(22)9-12-3-4-13(10-16)20(12)11-14(21)17-6-8-23-2/h5,7,12-13,22H,3-4,6,8-11H2,1-2H3,(H,17,21)/t12-,13-/m0/s1. The van der Waals surface area contributed by atoms with E-state index in [1.165, 1.54) is 0 Å². The highest BCUT2D eigenvalue weighted by atomic mass is 16.5. The minimum Gasteiger partial charge on any atom is -0.383 e. The molecule has 2 fully saturated rings. The lowest BCUT2D eigenvalue weighted by Gasteiger charge is -2.43. The number of aryl methyl sites for hydroxylation is 1. The quantitative estimate of drug-likeness (QED) is 0.721. The van der Waals surface area contributed by atoms with E-state index in [0.29, 0.717) is 32.5 Å². The van der Waals surface area contributed by atoms with E-state index < -0.39 is 5.60 Å². The van der Waals surface area contributed by atoms with E-state index in [4.69, 9.17) is 4.74 Å². The van der Waals surface area contributed by atoms with Crippen LogP contribution in [0.25, 0.3) is 0 Å². The van der Waals surface area contributed by atoms with Crippen LogP contribution in [-0.2, 0) is 22.2 Å². The average molecular weight is 322 g/mol. The number of imidazole rings is 1. The number of fused-ring (bicyclic) bond motifs is 2. The number of piperidine rings is 1. The Morgan fingerprint density at radius 3 is 2.74 bits per heavy atom. The fourth-order valence-electron chi connectivity index (χ4n) is 4.09. The number of rotatable bonds is 6. The molecule has 2 N–H and O–H groups in total. The monoisotopic (exact) mass is 322 g/mol. The van der Waals surface area contributed by atoms with Gasteiger partial charge in [0.1, 0.15) is 11.4 Å². The summed E-state index contributed by atoms with van der Waals surface area (Å²) in [4.78, 5) is 18.7. The molecular formula is C16H26N4O3. The molecule has 2 bridgehead atoms. The topological polar surface area (TPSA) is 79.6 Å². The van der Waals surface area contributed by atoms with Crippen LogP contribution < -0.4 is 5.32 Å². The molecule has 0 saturated carbocycles. The Hall–Kier alpha value is -1.44. The number of carbonyl (C=O) groups is 1. The second-order valence-electron chi connectivity index (χ2n) is 6.70. The zero-order valence-corrected chi connectivity index (χ0v) is 13.9. The molecule has 23 heavy (non-hydrogen) atoms. The number of ether oxygens (including phenoxy) is 1. The predicted molar refractivity (Wildman–Crippen MR) is 84.7 cm³/mol. The molecule has 128 valence electrons. The number of nitrogens with zero attached hydrogens (tertiary/aromatic N) is 3. The van der Waals surface area contributed by atoms with Gasteiger partial charge in [-0.3, -0.25) is 9.69 Å². The van der Waals surface area contributed by atoms with Crippen molar-refractivity contribution >= 4 is 5.91 Å². The molecular weight excluding hydrogens is 296 g/mol. The van der Waals surface area contributed by atoms with Gasteiger partial charge < -0.3 is 19.7 Å². The normalized spacial score (nSPS) is 30.6. The third-order valence-corrected chi connectivity index (χ3v) is 5.11. The number of carbonyl (C=O) groups excluding carboxylic acids is 1. The molecule has 3 heterocycles. The van der Waals surface area contributed by atoms with Gasteiger partial charge in [-0.25, -0.2) is 4.98 Å². The summed E-state index contributed by atoms with van der Waals surface area (Å²) in [6.45, 7) is 1.46. The molecule has 0 spiro atoms. The zero-order valence-electron chi connectivity index (χ0n) is 13.9. The lowest BCUT2D eigenvalue weighted by Crippen LogP contribution is -2.53. The molecule has 2 atom stereocenters. The molecule has 1 aromatic rings. The van der Waals surface area contributed by atoms with Crippen molar-refractivity contribution < 1.29 is 14.6 Å². The summed E-state index contributed by atoms with van der Waals surface area (Å²) in [7, 11) is 3.54. The van der Waals surface area contributed by atoms with Crippen LogP contribution in [0.1, 0.15) is 31.5 Å². The number of hydrogen-bond acceptors (Lipinski definition) is 5. The van der Waals surface area contributed by atoms with Crippen LogP contribution in [0.2, 0.25) is 0 Å². The van der Waals surface area contributed by atoms with E-state index in [2.05, 4.69) is 15.2 Å². The van der Waals surface area contributed by atoms with Gasteiger partial charge in [0.05, 0.1) is 13.2 Å². The fraction of sp³-hybridized carbons (Fsp3) is 0.750. The van der Waals surface area contributed by atoms with Crippen molar-refractivity contribution in [3.05, 3.63) is 18.2 Å². The Labute approximate surface area is 136 Å². The molecule has 2 aliphatic rings. The number of aromatic nitrogens is 2. The third-order valence-electron chi connectivity index (χ3n) is 5.11. The first kappa shape index (κ1) is 16.4. The highest BCUT2D eigenvalue weighted by molar-refractivity contribution is 5.78. The van der Waals surface area contributed by atoms with E-state index in [9.17, 15) is 9.90 Å². The molecule has 3 rings (SSSR count). The van der Waals surface area contributed by atoms with Crippen molar-refractivity contribution in [1.29, 1.82) is 0 Å². The number of nitrogens with one attached hydrogen (secondary N) is 1. The minimum absolute atomic E-state index is 0.0291. The average Bonchev–Trinajstić information content (AvgIpc) is 3.03. The molecule has 0 radical (unpaired) electrons. The Morgan fingerprint density at radius 1 is 1.48 bits per heavy atom. The maximum Gasteiger partial charge on any atom is 0.234 e. The lowest BCUT2D eigenvalue weighted by molar-refractivity contribution is -0.126. The largest absolute Gasteiger partial charge is 0.383 e. The van der Waals surface area contributed by atoms with Crippen LogP contribution in [0.4, 0.5) is 0 Å². The number of methoxy groups -OCH3 is 1. The first-order chi connectivity index (χ1) is 11.0. The van der Waals surface area contributed by atoms with Gasteiger partial charge in [0.2, 0.25) is 5.91 Å². The van der Waals surface area contributed by atoms with Gasteiger partial charge in [0.25, 0.3) is 0 Å². The maximum atomic E-state index is 12.1. The van der Waals surface area contributed by atoms with Crippen molar-refractivity contribution in [2.24, 2.45) is 7.05 Å².